The lowest BCUT2D eigenvalue weighted by atomic mass is 10.1. The van der Waals surface area contributed by atoms with E-state index >= 15 is 0 Å². The van der Waals surface area contributed by atoms with Crippen LogP contribution in [-0.2, 0) is 10.1 Å². The maximum absolute atomic E-state index is 11.4. The van der Waals surface area contributed by atoms with E-state index in [1.807, 2.05) is 6.07 Å². The van der Waals surface area contributed by atoms with Crippen LogP contribution in [0, 0.1) is 11.3 Å². The van der Waals surface area contributed by atoms with Crippen molar-refractivity contribution >= 4 is 33.5 Å². The number of hydrogen-bond acceptors (Lipinski definition) is 3. The minimum atomic E-state index is -0.559. The SMILES string of the molecule is COC(=O)c1cc(CBr)cc(Cl)c1C#N. The molecule has 0 radical (unpaired) electrons. The number of nitriles is 1. The van der Waals surface area contributed by atoms with Crippen LogP contribution in [0.25, 0.3) is 0 Å². The molecule has 0 saturated heterocycles. The van der Waals surface area contributed by atoms with Gasteiger partial charge in [0.2, 0.25) is 0 Å². The van der Waals surface area contributed by atoms with Crippen molar-refractivity contribution in [3.63, 3.8) is 0 Å². The lowest BCUT2D eigenvalue weighted by molar-refractivity contribution is 0.0600. The second-order valence-corrected chi connectivity index (χ2v) is 3.71. The smallest absolute Gasteiger partial charge is 0.339 e. The summed E-state index contributed by atoms with van der Waals surface area (Å²) in [6.07, 6.45) is 0. The van der Waals surface area contributed by atoms with Gasteiger partial charge >= 0.3 is 5.97 Å². The zero-order valence-electron chi connectivity index (χ0n) is 7.88. The quantitative estimate of drug-likeness (QED) is 0.621. The molecule has 0 aliphatic heterocycles. The molecule has 5 heteroatoms. The fourth-order valence-electron chi connectivity index (χ4n) is 1.12. The highest BCUT2D eigenvalue weighted by atomic mass is 79.9. The normalized spacial score (nSPS) is 9.47. The first-order valence-electron chi connectivity index (χ1n) is 4.00. The Morgan fingerprint density at radius 1 is 1.67 bits per heavy atom. The van der Waals surface area contributed by atoms with Gasteiger partial charge in [-0.25, -0.2) is 4.79 Å². The summed E-state index contributed by atoms with van der Waals surface area (Å²) in [4.78, 5) is 11.4. The summed E-state index contributed by atoms with van der Waals surface area (Å²) in [6.45, 7) is 0. The van der Waals surface area contributed by atoms with E-state index in [1.165, 1.54) is 7.11 Å². The number of nitrogens with zero attached hydrogens (tertiary/aromatic N) is 1. The Morgan fingerprint density at radius 3 is 2.80 bits per heavy atom. The zero-order chi connectivity index (χ0) is 11.4. The van der Waals surface area contributed by atoms with Crippen LogP contribution in [0.3, 0.4) is 0 Å². The number of ether oxygens (including phenoxy) is 1. The van der Waals surface area contributed by atoms with E-state index in [2.05, 4.69) is 20.7 Å². The Bertz CT molecular complexity index is 440. The molecule has 0 unspecified atom stereocenters. The molecule has 0 heterocycles. The second kappa shape index (κ2) is 5.15. The van der Waals surface area contributed by atoms with E-state index in [0.29, 0.717) is 5.33 Å². The van der Waals surface area contributed by atoms with Crippen molar-refractivity contribution < 1.29 is 9.53 Å². The summed E-state index contributed by atoms with van der Waals surface area (Å²) < 4.78 is 4.57. The summed E-state index contributed by atoms with van der Waals surface area (Å²) in [5.41, 5.74) is 1.16. The predicted octanol–water partition coefficient (Wildman–Crippen LogP) is 2.89. The summed E-state index contributed by atoms with van der Waals surface area (Å²) in [6, 6.07) is 5.11. The summed E-state index contributed by atoms with van der Waals surface area (Å²) in [7, 11) is 1.26. The largest absolute Gasteiger partial charge is 0.465 e. The van der Waals surface area contributed by atoms with Gasteiger partial charge in [0.05, 0.1) is 23.3 Å². The highest BCUT2D eigenvalue weighted by Crippen LogP contribution is 2.23. The average Bonchev–Trinajstić information content (AvgIpc) is 2.26. The molecule has 1 rings (SSSR count). The molecule has 3 nitrogen and oxygen atoms in total. The molecule has 0 aliphatic carbocycles. The molecule has 1 aromatic carbocycles. The highest BCUT2D eigenvalue weighted by Gasteiger charge is 2.15. The van der Waals surface area contributed by atoms with Gasteiger partial charge in [0.1, 0.15) is 6.07 Å². The van der Waals surface area contributed by atoms with Gasteiger partial charge in [-0.15, -0.1) is 0 Å². The molecule has 0 saturated carbocycles. The van der Waals surface area contributed by atoms with E-state index in [4.69, 9.17) is 16.9 Å². The fraction of sp³-hybridized carbons (Fsp3) is 0.200. The van der Waals surface area contributed by atoms with Crippen LogP contribution >= 0.6 is 27.5 Å². The number of esters is 1. The van der Waals surface area contributed by atoms with Crippen LogP contribution in [0.15, 0.2) is 12.1 Å². The minimum absolute atomic E-state index is 0.146. The van der Waals surface area contributed by atoms with Crippen LogP contribution in [-0.4, -0.2) is 13.1 Å². The number of hydrogen-bond donors (Lipinski definition) is 0. The van der Waals surface area contributed by atoms with Crippen molar-refractivity contribution in [2.45, 2.75) is 5.33 Å². The number of halogens is 2. The van der Waals surface area contributed by atoms with Gasteiger partial charge in [0.15, 0.2) is 0 Å². The second-order valence-electron chi connectivity index (χ2n) is 2.74. The van der Waals surface area contributed by atoms with E-state index in [9.17, 15) is 4.79 Å². The molecule has 0 bridgehead atoms. The number of carbonyl (C=O) groups is 1. The third-order valence-corrected chi connectivity index (χ3v) is 2.77. The summed E-state index contributed by atoms with van der Waals surface area (Å²) >= 11 is 9.11. The first-order valence-corrected chi connectivity index (χ1v) is 5.50. The topological polar surface area (TPSA) is 50.1 Å². The van der Waals surface area contributed by atoms with Crippen molar-refractivity contribution in [3.8, 4) is 6.07 Å². The van der Waals surface area contributed by atoms with E-state index in [-0.39, 0.29) is 16.1 Å². The number of alkyl halides is 1. The average molecular weight is 289 g/mol. The molecule has 0 fully saturated rings. The molecule has 15 heavy (non-hydrogen) atoms. The molecule has 1 aromatic rings. The molecule has 0 N–H and O–H groups in total. The van der Waals surface area contributed by atoms with Crippen molar-refractivity contribution in [2.75, 3.05) is 7.11 Å². The number of benzene rings is 1. The minimum Gasteiger partial charge on any atom is -0.465 e. The molecule has 78 valence electrons. The van der Waals surface area contributed by atoms with Crippen LogP contribution in [0.1, 0.15) is 21.5 Å². The van der Waals surface area contributed by atoms with Gasteiger partial charge in [-0.05, 0) is 17.7 Å². The van der Waals surface area contributed by atoms with Crippen molar-refractivity contribution in [2.24, 2.45) is 0 Å². The number of methoxy groups -OCH3 is 1. The lowest BCUT2D eigenvalue weighted by Crippen LogP contribution is -2.05. The van der Waals surface area contributed by atoms with Crippen LogP contribution in [0.4, 0.5) is 0 Å². The summed E-state index contributed by atoms with van der Waals surface area (Å²) in [5, 5.41) is 9.67. The standard InChI is InChI=1S/C10H7BrClNO2/c1-15-10(14)7-2-6(4-11)3-9(12)8(7)5-13/h2-3H,4H2,1H3. The molecule has 0 amide bonds. The fourth-order valence-corrected chi connectivity index (χ4v) is 1.73. The van der Waals surface area contributed by atoms with Crippen LogP contribution in [0.2, 0.25) is 5.02 Å². The Kier molecular flexibility index (Phi) is 4.13. The summed E-state index contributed by atoms with van der Waals surface area (Å²) in [5.74, 6) is -0.559. The Balaban J connectivity index is 3.40. The number of carbonyl (C=O) groups excluding carboxylic acids is 1. The van der Waals surface area contributed by atoms with Gasteiger partial charge in [-0.3, -0.25) is 0 Å². The van der Waals surface area contributed by atoms with Gasteiger partial charge < -0.3 is 4.74 Å². The van der Waals surface area contributed by atoms with E-state index in [0.717, 1.165) is 5.56 Å². The first kappa shape index (κ1) is 12.0. The Hall–Kier alpha value is -1.05. The lowest BCUT2D eigenvalue weighted by Gasteiger charge is -2.05. The molecule has 0 spiro atoms. The monoisotopic (exact) mass is 287 g/mol. The van der Waals surface area contributed by atoms with Crippen LogP contribution < -0.4 is 0 Å². The maximum Gasteiger partial charge on any atom is 0.339 e. The maximum atomic E-state index is 11.4. The molecular formula is C10H7BrClNO2. The van der Waals surface area contributed by atoms with Crippen LogP contribution in [0.5, 0.6) is 0 Å². The van der Waals surface area contributed by atoms with Crippen molar-refractivity contribution in [1.82, 2.24) is 0 Å². The Morgan fingerprint density at radius 2 is 2.33 bits per heavy atom. The van der Waals surface area contributed by atoms with Crippen molar-refractivity contribution in [3.05, 3.63) is 33.8 Å². The molecule has 0 atom stereocenters. The van der Waals surface area contributed by atoms with Gasteiger partial charge in [-0.1, -0.05) is 27.5 Å². The molecule has 0 aliphatic rings. The van der Waals surface area contributed by atoms with Crippen molar-refractivity contribution in [1.29, 1.82) is 5.26 Å². The molecular weight excluding hydrogens is 281 g/mol. The predicted molar refractivity (Wildman–Crippen MR) is 60.1 cm³/mol. The molecule has 0 aromatic heterocycles. The van der Waals surface area contributed by atoms with Gasteiger partial charge in [-0.2, -0.15) is 5.26 Å². The highest BCUT2D eigenvalue weighted by molar-refractivity contribution is 9.08. The Labute approximate surface area is 101 Å². The first-order chi connectivity index (χ1) is 7.13. The van der Waals surface area contributed by atoms with E-state index < -0.39 is 5.97 Å². The van der Waals surface area contributed by atoms with Gasteiger partial charge in [0.25, 0.3) is 0 Å². The third kappa shape index (κ3) is 2.49. The van der Waals surface area contributed by atoms with E-state index in [1.54, 1.807) is 12.1 Å². The zero-order valence-corrected chi connectivity index (χ0v) is 10.2. The number of rotatable bonds is 2. The van der Waals surface area contributed by atoms with Gasteiger partial charge in [0, 0.05) is 5.33 Å². The third-order valence-electron chi connectivity index (χ3n) is 1.82.